The van der Waals surface area contributed by atoms with Gasteiger partial charge < -0.3 is 5.32 Å². The first-order valence-corrected chi connectivity index (χ1v) is 3.92. The molecule has 0 atom stereocenters. The number of nitrogens with zero attached hydrogens (tertiary/aromatic N) is 1. The Bertz CT molecular complexity index is 325. The first-order chi connectivity index (χ1) is 6.74. The smallest absolute Gasteiger partial charge is 0.323 e. The lowest BCUT2D eigenvalue weighted by Gasteiger charge is -2.02. The van der Waals surface area contributed by atoms with Crippen LogP contribution in [0.2, 0.25) is 0 Å². The summed E-state index contributed by atoms with van der Waals surface area (Å²) in [5.41, 5.74) is 2.40. The molecule has 0 aliphatic rings. The fraction of sp³-hybridized carbons (Fsp3) is 0.125. The lowest BCUT2D eigenvalue weighted by atomic mass is 10.3. The lowest BCUT2D eigenvalue weighted by Crippen LogP contribution is -2.42. The molecule has 6 heteroatoms. The van der Waals surface area contributed by atoms with Gasteiger partial charge in [-0.2, -0.15) is 0 Å². The SMILES string of the molecule is NNC(=O)C(=O)NCc1ccccn1. The van der Waals surface area contributed by atoms with Crippen molar-refractivity contribution in [1.82, 2.24) is 15.7 Å². The van der Waals surface area contributed by atoms with Crippen LogP contribution in [0.1, 0.15) is 5.69 Å². The normalized spacial score (nSPS) is 9.21. The fourth-order valence-corrected chi connectivity index (χ4v) is 0.819. The molecular formula is C8H10N4O2. The van der Waals surface area contributed by atoms with Crippen molar-refractivity contribution in [3.05, 3.63) is 30.1 Å². The number of carbonyl (C=O) groups excluding carboxylic acids is 2. The van der Waals surface area contributed by atoms with Gasteiger partial charge in [0.05, 0.1) is 12.2 Å². The number of amides is 2. The summed E-state index contributed by atoms with van der Waals surface area (Å²) in [7, 11) is 0. The van der Waals surface area contributed by atoms with Crippen LogP contribution in [0.4, 0.5) is 0 Å². The van der Waals surface area contributed by atoms with E-state index in [1.54, 1.807) is 29.8 Å². The van der Waals surface area contributed by atoms with E-state index in [2.05, 4.69) is 10.3 Å². The number of nitrogens with two attached hydrogens (primary N) is 1. The molecule has 0 unspecified atom stereocenters. The summed E-state index contributed by atoms with van der Waals surface area (Å²) < 4.78 is 0. The van der Waals surface area contributed by atoms with E-state index in [1.165, 1.54) is 0 Å². The van der Waals surface area contributed by atoms with Gasteiger partial charge in [-0.3, -0.25) is 20.0 Å². The highest BCUT2D eigenvalue weighted by Crippen LogP contribution is 1.91. The molecule has 2 amide bonds. The van der Waals surface area contributed by atoms with E-state index in [0.717, 1.165) is 0 Å². The van der Waals surface area contributed by atoms with E-state index in [-0.39, 0.29) is 6.54 Å². The zero-order valence-corrected chi connectivity index (χ0v) is 7.36. The largest absolute Gasteiger partial charge is 0.342 e. The van der Waals surface area contributed by atoms with Gasteiger partial charge in [0.25, 0.3) is 0 Å². The van der Waals surface area contributed by atoms with Crippen molar-refractivity contribution < 1.29 is 9.59 Å². The number of hydrogen-bond acceptors (Lipinski definition) is 4. The summed E-state index contributed by atoms with van der Waals surface area (Å²) in [4.78, 5) is 25.5. The Morgan fingerprint density at radius 3 is 2.71 bits per heavy atom. The number of carbonyl (C=O) groups is 2. The average Bonchev–Trinajstić information content (AvgIpc) is 2.26. The van der Waals surface area contributed by atoms with Crippen molar-refractivity contribution in [3.63, 3.8) is 0 Å². The highest BCUT2D eigenvalue weighted by Gasteiger charge is 2.10. The predicted octanol–water partition coefficient (Wildman–Crippen LogP) is -1.31. The number of hydrazine groups is 1. The standard InChI is InChI=1S/C8H10N4O2/c9-12-8(14)7(13)11-5-6-3-1-2-4-10-6/h1-4H,5,9H2,(H,11,13)(H,12,14). The number of hydrogen-bond donors (Lipinski definition) is 3. The Kier molecular flexibility index (Phi) is 3.57. The third-order valence-corrected chi connectivity index (χ3v) is 1.49. The van der Waals surface area contributed by atoms with Crippen LogP contribution < -0.4 is 16.6 Å². The molecule has 0 aliphatic carbocycles. The monoisotopic (exact) mass is 194 g/mol. The van der Waals surface area contributed by atoms with Crippen LogP contribution >= 0.6 is 0 Å². The zero-order valence-electron chi connectivity index (χ0n) is 7.36. The van der Waals surface area contributed by atoms with Crippen LogP contribution in [0.5, 0.6) is 0 Å². The van der Waals surface area contributed by atoms with Crippen LogP contribution in [-0.4, -0.2) is 16.8 Å². The maximum absolute atomic E-state index is 10.9. The molecule has 74 valence electrons. The van der Waals surface area contributed by atoms with E-state index < -0.39 is 11.8 Å². The van der Waals surface area contributed by atoms with E-state index in [4.69, 9.17) is 5.84 Å². The molecule has 1 aromatic heterocycles. The minimum absolute atomic E-state index is 0.201. The fourth-order valence-electron chi connectivity index (χ4n) is 0.819. The minimum Gasteiger partial charge on any atom is -0.342 e. The Hall–Kier alpha value is -1.95. The van der Waals surface area contributed by atoms with Crippen LogP contribution in [0.3, 0.4) is 0 Å². The molecule has 4 N–H and O–H groups in total. The molecule has 0 aromatic carbocycles. The lowest BCUT2D eigenvalue weighted by molar-refractivity contribution is -0.139. The number of rotatable bonds is 2. The molecule has 0 bridgehead atoms. The number of pyridine rings is 1. The van der Waals surface area contributed by atoms with Crippen molar-refractivity contribution in [2.24, 2.45) is 5.84 Å². The number of aromatic nitrogens is 1. The van der Waals surface area contributed by atoms with E-state index in [0.29, 0.717) is 5.69 Å². The third-order valence-electron chi connectivity index (χ3n) is 1.49. The summed E-state index contributed by atoms with van der Waals surface area (Å²) in [6.07, 6.45) is 1.60. The van der Waals surface area contributed by atoms with Crippen LogP contribution in [-0.2, 0) is 16.1 Å². The number of nitrogens with one attached hydrogen (secondary N) is 2. The highest BCUT2D eigenvalue weighted by molar-refractivity contribution is 6.34. The van der Waals surface area contributed by atoms with E-state index >= 15 is 0 Å². The molecule has 0 aliphatic heterocycles. The molecule has 0 radical (unpaired) electrons. The zero-order chi connectivity index (χ0) is 10.4. The average molecular weight is 194 g/mol. The molecule has 1 heterocycles. The van der Waals surface area contributed by atoms with Gasteiger partial charge in [0.2, 0.25) is 0 Å². The maximum Gasteiger partial charge on any atom is 0.323 e. The quantitative estimate of drug-likeness (QED) is 0.235. The van der Waals surface area contributed by atoms with Gasteiger partial charge in [0.1, 0.15) is 0 Å². The Balaban J connectivity index is 2.42. The van der Waals surface area contributed by atoms with Gasteiger partial charge in [-0.25, -0.2) is 5.84 Å². The molecule has 1 aromatic rings. The second-order valence-corrected chi connectivity index (χ2v) is 2.48. The molecular weight excluding hydrogens is 184 g/mol. The second kappa shape index (κ2) is 4.93. The minimum atomic E-state index is -0.874. The van der Waals surface area contributed by atoms with Crippen LogP contribution in [0.25, 0.3) is 0 Å². The van der Waals surface area contributed by atoms with Crippen molar-refractivity contribution in [2.75, 3.05) is 0 Å². The summed E-state index contributed by atoms with van der Waals surface area (Å²) in [5, 5.41) is 2.36. The molecule has 6 nitrogen and oxygen atoms in total. The van der Waals surface area contributed by atoms with Crippen molar-refractivity contribution >= 4 is 11.8 Å². The predicted molar refractivity (Wildman–Crippen MR) is 48.4 cm³/mol. The summed E-state index contributed by atoms with van der Waals surface area (Å²) in [6.45, 7) is 0.201. The van der Waals surface area contributed by atoms with Gasteiger partial charge in [0, 0.05) is 6.20 Å². The van der Waals surface area contributed by atoms with E-state index in [1.807, 2.05) is 0 Å². The van der Waals surface area contributed by atoms with Crippen molar-refractivity contribution in [2.45, 2.75) is 6.54 Å². The van der Waals surface area contributed by atoms with Gasteiger partial charge in [-0.05, 0) is 12.1 Å². The van der Waals surface area contributed by atoms with Gasteiger partial charge in [0.15, 0.2) is 0 Å². The highest BCUT2D eigenvalue weighted by atomic mass is 16.2. The Morgan fingerprint density at radius 1 is 1.36 bits per heavy atom. The topological polar surface area (TPSA) is 97.1 Å². The third kappa shape index (κ3) is 2.83. The van der Waals surface area contributed by atoms with Crippen molar-refractivity contribution in [3.8, 4) is 0 Å². The summed E-state index contributed by atoms with van der Waals surface area (Å²) >= 11 is 0. The molecule has 0 spiro atoms. The van der Waals surface area contributed by atoms with Crippen LogP contribution in [0.15, 0.2) is 24.4 Å². The Labute approximate surface area is 80.5 Å². The first-order valence-electron chi connectivity index (χ1n) is 3.92. The van der Waals surface area contributed by atoms with Crippen molar-refractivity contribution in [1.29, 1.82) is 0 Å². The summed E-state index contributed by atoms with van der Waals surface area (Å²) in [6, 6.07) is 5.29. The molecule has 0 fully saturated rings. The van der Waals surface area contributed by atoms with Gasteiger partial charge >= 0.3 is 11.8 Å². The van der Waals surface area contributed by atoms with Gasteiger partial charge in [-0.1, -0.05) is 6.07 Å². The molecule has 14 heavy (non-hydrogen) atoms. The van der Waals surface area contributed by atoms with Gasteiger partial charge in [-0.15, -0.1) is 0 Å². The van der Waals surface area contributed by atoms with Crippen LogP contribution in [0, 0.1) is 0 Å². The first kappa shape index (κ1) is 10.1. The summed E-state index contributed by atoms with van der Waals surface area (Å²) in [5.74, 6) is 3.11. The van der Waals surface area contributed by atoms with E-state index in [9.17, 15) is 9.59 Å². The molecule has 0 saturated carbocycles. The Morgan fingerprint density at radius 2 is 2.14 bits per heavy atom. The maximum atomic E-state index is 10.9. The molecule has 0 saturated heterocycles. The second-order valence-electron chi connectivity index (χ2n) is 2.48. The molecule has 1 rings (SSSR count).